The second kappa shape index (κ2) is 17.4. The van der Waals surface area contributed by atoms with Crippen molar-refractivity contribution in [1.82, 2.24) is 9.80 Å². The van der Waals surface area contributed by atoms with E-state index in [0.717, 1.165) is 48.6 Å². The van der Waals surface area contributed by atoms with E-state index in [1.807, 2.05) is 74.8 Å². The van der Waals surface area contributed by atoms with Crippen LogP contribution in [0.5, 0.6) is 11.5 Å². The van der Waals surface area contributed by atoms with Crippen LogP contribution in [0.1, 0.15) is 53.4 Å². The van der Waals surface area contributed by atoms with Gasteiger partial charge in [0.2, 0.25) is 11.8 Å². The van der Waals surface area contributed by atoms with Crippen molar-refractivity contribution in [2.24, 2.45) is 0 Å². The number of methoxy groups -OCH3 is 4. The van der Waals surface area contributed by atoms with Crippen LogP contribution >= 0.6 is 0 Å². The van der Waals surface area contributed by atoms with Crippen molar-refractivity contribution < 1.29 is 28.5 Å². The third kappa shape index (κ3) is 9.11. The summed E-state index contributed by atoms with van der Waals surface area (Å²) in [6, 6.07) is 15.3. The Hall–Kier alpha value is -4.02. The normalized spacial score (nSPS) is 20.8. The molecule has 10 nitrogen and oxygen atoms in total. The lowest BCUT2D eigenvalue weighted by molar-refractivity contribution is -0.127. The molecule has 2 aliphatic heterocycles. The number of nitrogens with one attached hydrogen (secondary N) is 2. The quantitative estimate of drug-likeness (QED) is 0.220. The van der Waals surface area contributed by atoms with Gasteiger partial charge in [-0.05, 0) is 75.2 Å². The molecule has 0 aromatic heterocycles. The molecule has 4 rings (SSSR count). The molecule has 6 unspecified atom stereocenters. The van der Waals surface area contributed by atoms with Gasteiger partial charge in [-0.15, -0.1) is 0 Å². The number of rotatable bonds is 16. The fourth-order valence-electron chi connectivity index (χ4n) is 6.51. The van der Waals surface area contributed by atoms with E-state index in [9.17, 15) is 9.59 Å². The minimum absolute atomic E-state index is 0.0245. The highest BCUT2D eigenvalue weighted by atomic mass is 16.5. The van der Waals surface area contributed by atoms with Crippen molar-refractivity contribution in [3.63, 3.8) is 0 Å². The molecule has 2 aliphatic rings. The lowest BCUT2D eigenvalue weighted by atomic mass is 9.85. The second-order valence-corrected chi connectivity index (χ2v) is 12.8. The zero-order valence-electron chi connectivity index (χ0n) is 30.4. The summed E-state index contributed by atoms with van der Waals surface area (Å²) in [4.78, 5) is 27.4. The molecule has 2 amide bonds. The monoisotopic (exact) mass is 664 g/mol. The van der Waals surface area contributed by atoms with Crippen LogP contribution in [-0.4, -0.2) is 99.5 Å². The number of carbonyl (C=O) groups is 2. The van der Waals surface area contributed by atoms with Crippen LogP contribution in [-0.2, 0) is 19.1 Å². The SMILES string of the molecule is CCCC(C)(OC)C(Nc1ccc(OC)cc1)C1C=CC(=O)N1C.CCCC(C)(OC)C(Nc1ccc(OC)cc1)C1C=CC(=O)N1C. The summed E-state index contributed by atoms with van der Waals surface area (Å²) in [5.41, 5.74) is 1.15. The molecule has 48 heavy (non-hydrogen) atoms. The summed E-state index contributed by atoms with van der Waals surface area (Å²) in [6.07, 6.45) is 11.0. The smallest absolute Gasteiger partial charge is 0.246 e. The highest BCUT2D eigenvalue weighted by Crippen LogP contribution is 2.33. The largest absolute Gasteiger partial charge is 0.497 e. The van der Waals surface area contributed by atoms with E-state index in [4.69, 9.17) is 18.9 Å². The maximum absolute atomic E-state index is 12.0. The third-order valence-corrected chi connectivity index (χ3v) is 9.71. The van der Waals surface area contributed by atoms with Crippen molar-refractivity contribution in [2.75, 3.05) is 53.2 Å². The van der Waals surface area contributed by atoms with Crippen molar-refractivity contribution >= 4 is 23.2 Å². The van der Waals surface area contributed by atoms with E-state index in [0.29, 0.717) is 0 Å². The van der Waals surface area contributed by atoms with Gasteiger partial charge in [0.15, 0.2) is 0 Å². The first kappa shape index (κ1) is 38.4. The fraction of sp³-hybridized carbons (Fsp3) is 0.526. The molecule has 6 atom stereocenters. The van der Waals surface area contributed by atoms with Crippen molar-refractivity contribution in [2.45, 2.75) is 88.7 Å². The molecule has 10 heteroatoms. The number of anilines is 2. The van der Waals surface area contributed by atoms with Gasteiger partial charge in [0.25, 0.3) is 0 Å². The van der Waals surface area contributed by atoms with Gasteiger partial charge in [-0.3, -0.25) is 9.59 Å². The number of carbonyl (C=O) groups excluding carboxylic acids is 2. The average molecular weight is 665 g/mol. The molecule has 0 saturated carbocycles. The van der Waals surface area contributed by atoms with Crippen LogP contribution in [0.4, 0.5) is 11.4 Å². The topological polar surface area (TPSA) is 102 Å². The highest BCUT2D eigenvalue weighted by molar-refractivity contribution is 5.91. The molecular formula is C38H56N4O6. The predicted octanol–water partition coefficient (Wildman–Crippen LogP) is 6.16. The Balaban J connectivity index is 0.000000260. The number of ether oxygens (including phenoxy) is 4. The summed E-state index contributed by atoms with van der Waals surface area (Å²) in [5.74, 6) is 1.68. The van der Waals surface area contributed by atoms with Gasteiger partial charge in [0, 0.05) is 51.8 Å². The van der Waals surface area contributed by atoms with Crippen LogP contribution < -0.4 is 20.1 Å². The van der Waals surface area contributed by atoms with Crippen molar-refractivity contribution in [1.29, 1.82) is 0 Å². The molecule has 264 valence electrons. The lowest BCUT2D eigenvalue weighted by Crippen LogP contribution is -2.56. The number of hydrogen-bond acceptors (Lipinski definition) is 8. The first-order valence-electron chi connectivity index (χ1n) is 16.7. The fourth-order valence-corrected chi connectivity index (χ4v) is 6.51. The van der Waals surface area contributed by atoms with Gasteiger partial charge in [-0.1, -0.05) is 38.8 Å². The molecule has 0 radical (unpaired) electrons. The molecule has 0 aliphatic carbocycles. The molecule has 2 heterocycles. The van der Waals surface area contributed by atoms with E-state index < -0.39 is 11.2 Å². The van der Waals surface area contributed by atoms with Crippen LogP contribution in [0.15, 0.2) is 72.8 Å². The van der Waals surface area contributed by atoms with Crippen LogP contribution in [0.2, 0.25) is 0 Å². The number of benzene rings is 2. The van der Waals surface area contributed by atoms with Gasteiger partial charge < -0.3 is 39.4 Å². The summed E-state index contributed by atoms with van der Waals surface area (Å²) < 4.78 is 22.2. The number of nitrogens with zero attached hydrogens (tertiary/aromatic N) is 2. The minimum Gasteiger partial charge on any atom is -0.497 e. The molecule has 2 aromatic carbocycles. The zero-order valence-corrected chi connectivity index (χ0v) is 30.4. The Morgan fingerprint density at radius 3 is 1.21 bits per heavy atom. The third-order valence-electron chi connectivity index (χ3n) is 9.71. The maximum Gasteiger partial charge on any atom is 0.246 e. The number of likely N-dealkylation sites (N-methyl/N-ethyl adjacent to an activating group) is 2. The highest BCUT2D eigenvalue weighted by Gasteiger charge is 2.43. The van der Waals surface area contributed by atoms with Crippen molar-refractivity contribution in [3.8, 4) is 11.5 Å². The van der Waals surface area contributed by atoms with E-state index in [2.05, 4.69) is 38.3 Å². The first-order chi connectivity index (χ1) is 22.9. The number of hydrogen-bond donors (Lipinski definition) is 2. The molecule has 2 aromatic rings. The molecule has 2 N–H and O–H groups in total. The lowest BCUT2D eigenvalue weighted by Gasteiger charge is -2.42. The van der Waals surface area contributed by atoms with E-state index in [1.165, 1.54) is 0 Å². The second-order valence-electron chi connectivity index (χ2n) is 12.8. The minimum atomic E-state index is -0.400. The summed E-state index contributed by atoms with van der Waals surface area (Å²) in [5, 5.41) is 7.15. The standard InChI is InChI=1S/2C19H28N2O3/c2*1-6-13-19(2,24-5)18(16-11-12-17(22)21(16)3)20-14-7-9-15(23-4)10-8-14/h2*7-12,16,18,20H,6,13H2,1-5H3. The number of amides is 2. The van der Waals surface area contributed by atoms with Crippen molar-refractivity contribution in [3.05, 3.63) is 72.8 Å². The summed E-state index contributed by atoms with van der Waals surface area (Å²) >= 11 is 0. The first-order valence-corrected chi connectivity index (χ1v) is 16.7. The van der Waals surface area contributed by atoms with E-state index >= 15 is 0 Å². The van der Waals surface area contributed by atoms with Crippen LogP contribution in [0.3, 0.4) is 0 Å². The Morgan fingerprint density at radius 1 is 0.646 bits per heavy atom. The summed E-state index contributed by atoms with van der Waals surface area (Å²) in [6.45, 7) is 8.48. The van der Waals surface area contributed by atoms with E-state index in [-0.39, 0.29) is 36.0 Å². The molecule has 0 fully saturated rings. The van der Waals surface area contributed by atoms with E-state index in [1.54, 1.807) is 50.4 Å². The Bertz CT molecular complexity index is 1280. The zero-order chi connectivity index (χ0) is 35.5. The van der Waals surface area contributed by atoms with Gasteiger partial charge in [-0.2, -0.15) is 0 Å². The maximum atomic E-state index is 12.0. The Morgan fingerprint density at radius 2 is 0.979 bits per heavy atom. The molecular weight excluding hydrogens is 608 g/mol. The Labute approximate surface area is 287 Å². The van der Waals surface area contributed by atoms with Gasteiger partial charge in [0.1, 0.15) is 11.5 Å². The molecule has 0 bridgehead atoms. The molecule has 0 saturated heterocycles. The van der Waals surface area contributed by atoms with Crippen LogP contribution in [0, 0.1) is 0 Å². The van der Waals surface area contributed by atoms with Gasteiger partial charge >= 0.3 is 0 Å². The Kier molecular flexibility index (Phi) is 13.9. The average Bonchev–Trinajstić information content (AvgIpc) is 3.61. The summed E-state index contributed by atoms with van der Waals surface area (Å²) in [7, 11) is 10.4. The van der Waals surface area contributed by atoms with Gasteiger partial charge in [0.05, 0.1) is 49.6 Å². The van der Waals surface area contributed by atoms with Crippen LogP contribution in [0.25, 0.3) is 0 Å². The predicted molar refractivity (Wildman–Crippen MR) is 193 cm³/mol. The molecule has 0 spiro atoms. The van der Waals surface area contributed by atoms with Gasteiger partial charge in [-0.25, -0.2) is 0 Å².